The molecule has 0 aliphatic heterocycles. The van der Waals surface area contributed by atoms with Crippen LogP contribution in [-0.4, -0.2) is 6.61 Å². The van der Waals surface area contributed by atoms with E-state index in [-0.39, 0.29) is 6.04 Å². The maximum atomic E-state index is 6.25. The molecule has 1 aliphatic rings. The van der Waals surface area contributed by atoms with E-state index in [4.69, 9.17) is 10.5 Å². The first kappa shape index (κ1) is 12.9. The lowest BCUT2D eigenvalue weighted by molar-refractivity contribution is 0.315. The van der Waals surface area contributed by atoms with Crippen molar-refractivity contribution in [1.82, 2.24) is 0 Å². The third kappa shape index (κ3) is 3.02. The first-order valence-corrected chi connectivity index (χ1v) is 7.10. The highest BCUT2D eigenvalue weighted by Gasteiger charge is 2.38. The van der Waals surface area contributed by atoms with E-state index in [1.165, 1.54) is 12.0 Å². The average molecular weight is 298 g/mol. The summed E-state index contributed by atoms with van der Waals surface area (Å²) in [5.41, 5.74) is 7.45. The van der Waals surface area contributed by atoms with Crippen LogP contribution in [0.3, 0.4) is 0 Å². The van der Waals surface area contributed by atoms with Crippen LogP contribution in [0.4, 0.5) is 0 Å². The van der Waals surface area contributed by atoms with Gasteiger partial charge in [0.15, 0.2) is 0 Å². The molecule has 1 fully saturated rings. The molecule has 0 radical (unpaired) electrons. The van der Waals surface area contributed by atoms with Gasteiger partial charge in [-0.05, 0) is 58.3 Å². The van der Waals surface area contributed by atoms with Crippen LogP contribution in [0.1, 0.15) is 38.3 Å². The summed E-state index contributed by atoms with van der Waals surface area (Å²) in [5, 5.41) is 0. The number of hydrogen-bond acceptors (Lipinski definition) is 2. The minimum Gasteiger partial charge on any atom is -0.492 e. The van der Waals surface area contributed by atoms with Crippen LogP contribution in [0.2, 0.25) is 0 Å². The van der Waals surface area contributed by atoms with Gasteiger partial charge in [0.2, 0.25) is 0 Å². The largest absolute Gasteiger partial charge is 0.492 e. The summed E-state index contributed by atoms with van der Waals surface area (Å²) in [7, 11) is 0. The fourth-order valence-corrected chi connectivity index (χ4v) is 2.66. The number of ether oxygens (including phenoxy) is 1. The molecule has 1 aliphatic carbocycles. The van der Waals surface area contributed by atoms with Gasteiger partial charge < -0.3 is 10.5 Å². The van der Waals surface area contributed by atoms with Crippen molar-refractivity contribution in [2.45, 2.75) is 32.7 Å². The predicted octanol–water partition coefficient (Wildman–Crippen LogP) is 3.89. The monoisotopic (exact) mass is 297 g/mol. The minimum atomic E-state index is 0.168. The number of rotatable bonds is 5. The molecule has 0 spiro atoms. The van der Waals surface area contributed by atoms with Gasteiger partial charge in [-0.25, -0.2) is 0 Å². The number of hydrogen-bond donors (Lipinski definition) is 1. The summed E-state index contributed by atoms with van der Waals surface area (Å²) >= 11 is 3.55. The van der Waals surface area contributed by atoms with Crippen LogP contribution >= 0.6 is 15.9 Å². The Balaban J connectivity index is 2.07. The molecular formula is C14H20BrNO. The van der Waals surface area contributed by atoms with Gasteiger partial charge in [0, 0.05) is 6.04 Å². The lowest BCUT2D eigenvalue weighted by Gasteiger charge is -2.14. The molecule has 0 heterocycles. The van der Waals surface area contributed by atoms with Gasteiger partial charge in [-0.1, -0.05) is 19.9 Å². The fraction of sp³-hybridized carbons (Fsp3) is 0.571. The molecule has 1 aromatic carbocycles. The maximum Gasteiger partial charge on any atom is 0.133 e. The summed E-state index contributed by atoms with van der Waals surface area (Å²) in [6.07, 6.45) is 2.28. The maximum absolute atomic E-state index is 6.25. The van der Waals surface area contributed by atoms with E-state index in [2.05, 4.69) is 41.9 Å². The van der Waals surface area contributed by atoms with Crippen LogP contribution in [0.15, 0.2) is 22.7 Å². The quantitative estimate of drug-likeness (QED) is 0.895. The van der Waals surface area contributed by atoms with Crippen molar-refractivity contribution in [2.75, 3.05) is 6.61 Å². The molecule has 3 heteroatoms. The molecule has 0 saturated heterocycles. The molecule has 1 aromatic rings. The molecule has 2 N–H and O–H groups in total. The van der Waals surface area contributed by atoms with Crippen molar-refractivity contribution in [3.8, 4) is 5.75 Å². The molecule has 2 rings (SSSR count). The van der Waals surface area contributed by atoms with E-state index >= 15 is 0 Å². The van der Waals surface area contributed by atoms with E-state index in [0.717, 1.165) is 29.2 Å². The summed E-state index contributed by atoms with van der Waals surface area (Å²) in [5.74, 6) is 2.34. The zero-order valence-electron chi connectivity index (χ0n) is 10.4. The molecule has 1 saturated carbocycles. The first-order valence-electron chi connectivity index (χ1n) is 6.31. The smallest absolute Gasteiger partial charge is 0.133 e. The Bertz CT molecular complexity index is 394. The molecule has 17 heavy (non-hydrogen) atoms. The minimum absolute atomic E-state index is 0.168. The Hall–Kier alpha value is -0.540. The van der Waals surface area contributed by atoms with Crippen LogP contribution in [0.25, 0.3) is 0 Å². The van der Waals surface area contributed by atoms with Crippen molar-refractivity contribution in [2.24, 2.45) is 17.6 Å². The number of nitrogens with two attached hydrogens (primary N) is 1. The van der Waals surface area contributed by atoms with E-state index in [1.54, 1.807) is 0 Å². The number of benzene rings is 1. The third-order valence-electron chi connectivity index (χ3n) is 3.44. The third-order valence-corrected chi connectivity index (χ3v) is 4.06. The van der Waals surface area contributed by atoms with Gasteiger partial charge in [0.1, 0.15) is 5.75 Å². The SMILES string of the molecule is CCCOc1ccc(C(N)C2CC2C)cc1Br. The molecule has 94 valence electrons. The highest BCUT2D eigenvalue weighted by Crippen LogP contribution is 2.46. The second-order valence-corrected chi connectivity index (χ2v) is 5.80. The average Bonchev–Trinajstić information content (AvgIpc) is 3.04. The molecular weight excluding hydrogens is 278 g/mol. The summed E-state index contributed by atoms with van der Waals surface area (Å²) in [4.78, 5) is 0. The van der Waals surface area contributed by atoms with Crippen LogP contribution in [-0.2, 0) is 0 Å². The lowest BCUT2D eigenvalue weighted by atomic mass is 10.0. The Morgan fingerprint density at radius 1 is 1.53 bits per heavy atom. The van der Waals surface area contributed by atoms with Gasteiger partial charge in [-0.15, -0.1) is 0 Å². The van der Waals surface area contributed by atoms with E-state index in [9.17, 15) is 0 Å². The van der Waals surface area contributed by atoms with E-state index in [1.807, 2.05) is 6.07 Å². The van der Waals surface area contributed by atoms with Crippen molar-refractivity contribution in [1.29, 1.82) is 0 Å². The van der Waals surface area contributed by atoms with Gasteiger partial charge >= 0.3 is 0 Å². The predicted molar refractivity (Wildman–Crippen MR) is 74.1 cm³/mol. The normalized spacial score (nSPS) is 24.5. The Labute approximate surface area is 112 Å². The van der Waals surface area contributed by atoms with Gasteiger partial charge in [-0.2, -0.15) is 0 Å². The second-order valence-electron chi connectivity index (χ2n) is 4.94. The highest BCUT2D eigenvalue weighted by molar-refractivity contribution is 9.10. The van der Waals surface area contributed by atoms with Crippen molar-refractivity contribution in [3.63, 3.8) is 0 Å². The molecule has 2 nitrogen and oxygen atoms in total. The summed E-state index contributed by atoms with van der Waals surface area (Å²) in [6.45, 7) is 5.12. The summed E-state index contributed by atoms with van der Waals surface area (Å²) in [6, 6.07) is 6.37. The van der Waals surface area contributed by atoms with Gasteiger partial charge in [0.05, 0.1) is 11.1 Å². The van der Waals surface area contributed by atoms with E-state index in [0.29, 0.717) is 5.92 Å². The van der Waals surface area contributed by atoms with Gasteiger partial charge in [0.25, 0.3) is 0 Å². The Morgan fingerprint density at radius 3 is 2.76 bits per heavy atom. The zero-order chi connectivity index (χ0) is 12.4. The van der Waals surface area contributed by atoms with Crippen LogP contribution in [0, 0.1) is 11.8 Å². The van der Waals surface area contributed by atoms with Crippen molar-refractivity contribution >= 4 is 15.9 Å². The Morgan fingerprint density at radius 2 is 2.24 bits per heavy atom. The standard InChI is InChI=1S/C14H20BrNO/c1-3-6-17-13-5-4-10(8-12(13)15)14(16)11-7-9(11)2/h4-5,8-9,11,14H,3,6-7,16H2,1-2H3. The van der Waals surface area contributed by atoms with Crippen LogP contribution < -0.4 is 10.5 Å². The fourth-order valence-electron chi connectivity index (χ4n) is 2.15. The molecule has 0 bridgehead atoms. The van der Waals surface area contributed by atoms with Crippen molar-refractivity contribution < 1.29 is 4.74 Å². The molecule has 3 atom stereocenters. The summed E-state index contributed by atoms with van der Waals surface area (Å²) < 4.78 is 6.64. The van der Waals surface area contributed by atoms with Crippen LogP contribution in [0.5, 0.6) is 5.75 Å². The molecule has 0 amide bonds. The number of halogens is 1. The Kier molecular flexibility index (Phi) is 4.10. The van der Waals surface area contributed by atoms with Gasteiger partial charge in [-0.3, -0.25) is 0 Å². The second kappa shape index (κ2) is 5.40. The van der Waals surface area contributed by atoms with E-state index < -0.39 is 0 Å². The molecule has 3 unspecified atom stereocenters. The lowest BCUT2D eigenvalue weighted by Crippen LogP contribution is -2.13. The first-order chi connectivity index (χ1) is 8.13. The zero-order valence-corrected chi connectivity index (χ0v) is 12.0. The highest BCUT2D eigenvalue weighted by atomic mass is 79.9. The topological polar surface area (TPSA) is 35.2 Å². The van der Waals surface area contributed by atoms with Crippen molar-refractivity contribution in [3.05, 3.63) is 28.2 Å². The molecule has 0 aromatic heterocycles.